The highest BCUT2D eigenvalue weighted by atomic mass is 19.1. The molecule has 0 saturated carbocycles. The van der Waals surface area contributed by atoms with Gasteiger partial charge in [-0.25, -0.2) is 0 Å². The molecule has 1 aliphatic heterocycles. The molecule has 0 radical (unpaired) electrons. The van der Waals surface area contributed by atoms with E-state index >= 15 is 0 Å². The molecule has 1 saturated heterocycles. The number of likely N-dealkylation sites (tertiary alicyclic amines) is 1. The quantitative estimate of drug-likeness (QED) is 0.672. The van der Waals surface area contributed by atoms with Gasteiger partial charge in [-0.3, -0.25) is 10.1 Å². The van der Waals surface area contributed by atoms with Gasteiger partial charge in [-0.05, 0) is 44.5 Å². The summed E-state index contributed by atoms with van der Waals surface area (Å²) in [5.41, 5.74) is -0.204. The van der Waals surface area contributed by atoms with Gasteiger partial charge < -0.3 is 10.2 Å². The second-order valence-corrected chi connectivity index (χ2v) is 5.04. The SMILES string of the molecule is CN1CCCC(CNc2cccc(F)c2[N+](=O)[O-])C1. The summed E-state index contributed by atoms with van der Waals surface area (Å²) in [5.74, 6) is -0.350. The number of anilines is 1. The number of halogens is 1. The van der Waals surface area contributed by atoms with E-state index in [1.165, 1.54) is 6.07 Å². The zero-order chi connectivity index (χ0) is 13.8. The third-order valence-electron chi connectivity index (χ3n) is 3.47. The van der Waals surface area contributed by atoms with E-state index in [0.29, 0.717) is 12.5 Å². The van der Waals surface area contributed by atoms with E-state index in [4.69, 9.17) is 0 Å². The second-order valence-electron chi connectivity index (χ2n) is 5.04. The Bertz CT molecular complexity index is 467. The summed E-state index contributed by atoms with van der Waals surface area (Å²) in [6.07, 6.45) is 2.23. The van der Waals surface area contributed by atoms with Crippen molar-refractivity contribution >= 4 is 11.4 Å². The molecule has 0 aromatic heterocycles. The molecular formula is C13H18FN3O2. The van der Waals surface area contributed by atoms with Crippen molar-refractivity contribution in [2.24, 2.45) is 5.92 Å². The molecule has 1 aromatic rings. The molecule has 19 heavy (non-hydrogen) atoms. The van der Waals surface area contributed by atoms with E-state index in [0.717, 1.165) is 32.0 Å². The van der Waals surface area contributed by atoms with Gasteiger partial charge in [-0.2, -0.15) is 4.39 Å². The van der Waals surface area contributed by atoms with Gasteiger partial charge in [-0.1, -0.05) is 6.07 Å². The number of rotatable bonds is 4. The Balaban J connectivity index is 2.03. The summed E-state index contributed by atoms with van der Waals surface area (Å²) in [6, 6.07) is 4.14. The minimum absolute atomic E-state index is 0.262. The van der Waals surface area contributed by atoms with Crippen LogP contribution in [-0.4, -0.2) is 36.5 Å². The summed E-state index contributed by atoms with van der Waals surface area (Å²) in [4.78, 5) is 12.4. The van der Waals surface area contributed by atoms with Crippen molar-refractivity contribution in [2.75, 3.05) is 32.0 Å². The van der Waals surface area contributed by atoms with Crippen LogP contribution in [0.2, 0.25) is 0 Å². The van der Waals surface area contributed by atoms with E-state index in [-0.39, 0.29) is 5.69 Å². The zero-order valence-corrected chi connectivity index (χ0v) is 10.9. The average Bonchev–Trinajstić information content (AvgIpc) is 2.36. The highest BCUT2D eigenvalue weighted by Gasteiger charge is 2.22. The van der Waals surface area contributed by atoms with Crippen LogP contribution in [0.3, 0.4) is 0 Å². The number of nitro groups is 1. The molecule has 1 fully saturated rings. The molecule has 1 N–H and O–H groups in total. The first kappa shape index (κ1) is 13.7. The Hall–Kier alpha value is -1.69. The molecule has 5 nitrogen and oxygen atoms in total. The first-order chi connectivity index (χ1) is 9.08. The van der Waals surface area contributed by atoms with Crippen molar-refractivity contribution < 1.29 is 9.31 Å². The van der Waals surface area contributed by atoms with Crippen molar-refractivity contribution in [3.63, 3.8) is 0 Å². The Morgan fingerprint density at radius 3 is 3.05 bits per heavy atom. The number of benzene rings is 1. The second kappa shape index (κ2) is 5.97. The predicted molar refractivity (Wildman–Crippen MR) is 71.8 cm³/mol. The molecule has 1 atom stereocenters. The fraction of sp³-hybridized carbons (Fsp3) is 0.538. The molecule has 0 bridgehead atoms. The van der Waals surface area contributed by atoms with E-state index < -0.39 is 16.4 Å². The number of hydrogen-bond donors (Lipinski definition) is 1. The molecule has 0 aliphatic carbocycles. The lowest BCUT2D eigenvalue weighted by Crippen LogP contribution is -2.35. The smallest absolute Gasteiger partial charge is 0.327 e. The lowest BCUT2D eigenvalue weighted by Gasteiger charge is -2.29. The third-order valence-corrected chi connectivity index (χ3v) is 3.47. The number of hydrogen-bond acceptors (Lipinski definition) is 4. The number of nitrogens with one attached hydrogen (secondary N) is 1. The first-order valence-corrected chi connectivity index (χ1v) is 6.43. The average molecular weight is 267 g/mol. The van der Waals surface area contributed by atoms with Crippen molar-refractivity contribution in [1.29, 1.82) is 0 Å². The van der Waals surface area contributed by atoms with E-state index in [1.807, 2.05) is 0 Å². The minimum atomic E-state index is -0.796. The molecule has 104 valence electrons. The first-order valence-electron chi connectivity index (χ1n) is 6.43. The monoisotopic (exact) mass is 267 g/mol. The Labute approximate surface area is 111 Å². The van der Waals surface area contributed by atoms with Crippen molar-refractivity contribution in [3.05, 3.63) is 34.1 Å². The van der Waals surface area contributed by atoms with Crippen molar-refractivity contribution in [3.8, 4) is 0 Å². The van der Waals surface area contributed by atoms with Crippen molar-refractivity contribution in [1.82, 2.24) is 4.90 Å². The van der Waals surface area contributed by atoms with Crippen LogP contribution in [0.1, 0.15) is 12.8 Å². The van der Waals surface area contributed by atoms with Crippen LogP contribution in [0.25, 0.3) is 0 Å². The molecule has 1 aromatic carbocycles. The van der Waals surface area contributed by atoms with Gasteiger partial charge in [0.15, 0.2) is 0 Å². The number of nitrogens with zero attached hydrogens (tertiary/aromatic N) is 2. The summed E-state index contributed by atoms with van der Waals surface area (Å²) >= 11 is 0. The maximum Gasteiger partial charge on any atom is 0.327 e. The molecule has 1 aliphatic rings. The molecule has 0 amide bonds. The number of nitro benzene ring substituents is 1. The fourth-order valence-corrected chi connectivity index (χ4v) is 2.54. The van der Waals surface area contributed by atoms with Gasteiger partial charge >= 0.3 is 5.69 Å². The minimum Gasteiger partial charge on any atom is -0.379 e. The molecule has 1 heterocycles. The summed E-state index contributed by atoms with van der Waals surface area (Å²) in [6.45, 7) is 2.70. The van der Waals surface area contributed by atoms with Gasteiger partial charge in [0.2, 0.25) is 5.82 Å². The number of para-hydroxylation sites is 1. The Morgan fingerprint density at radius 2 is 2.37 bits per heavy atom. The van der Waals surface area contributed by atoms with Gasteiger partial charge in [0.25, 0.3) is 0 Å². The molecular weight excluding hydrogens is 249 g/mol. The fourth-order valence-electron chi connectivity index (χ4n) is 2.54. The zero-order valence-electron chi connectivity index (χ0n) is 10.9. The van der Waals surface area contributed by atoms with Gasteiger partial charge in [-0.15, -0.1) is 0 Å². The maximum absolute atomic E-state index is 13.4. The highest BCUT2D eigenvalue weighted by Crippen LogP contribution is 2.27. The van der Waals surface area contributed by atoms with Crippen LogP contribution < -0.4 is 5.32 Å². The number of piperidine rings is 1. The van der Waals surface area contributed by atoms with Gasteiger partial charge in [0.1, 0.15) is 5.69 Å². The summed E-state index contributed by atoms with van der Waals surface area (Å²) < 4.78 is 13.4. The van der Waals surface area contributed by atoms with Crippen LogP contribution >= 0.6 is 0 Å². The molecule has 1 unspecified atom stereocenters. The van der Waals surface area contributed by atoms with E-state index in [2.05, 4.69) is 17.3 Å². The van der Waals surface area contributed by atoms with Crippen LogP contribution in [0.4, 0.5) is 15.8 Å². The van der Waals surface area contributed by atoms with Crippen molar-refractivity contribution in [2.45, 2.75) is 12.8 Å². The largest absolute Gasteiger partial charge is 0.379 e. The van der Waals surface area contributed by atoms with Crippen LogP contribution in [0.15, 0.2) is 18.2 Å². The normalized spacial score (nSPS) is 20.2. The molecule has 0 spiro atoms. The van der Waals surface area contributed by atoms with Crippen LogP contribution in [0.5, 0.6) is 0 Å². The third kappa shape index (κ3) is 3.41. The lowest BCUT2D eigenvalue weighted by atomic mass is 9.98. The van der Waals surface area contributed by atoms with E-state index in [9.17, 15) is 14.5 Å². The van der Waals surface area contributed by atoms with Gasteiger partial charge in [0.05, 0.1) is 4.92 Å². The highest BCUT2D eigenvalue weighted by molar-refractivity contribution is 5.61. The molecule has 6 heteroatoms. The van der Waals surface area contributed by atoms with Crippen LogP contribution in [0, 0.1) is 21.8 Å². The predicted octanol–water partition coefficient (Wildman–Crippen LogP) is 2.49. The standard InChI is InChI=1S/C13H18FN3O2/c1-16-7-3-4-10(9-16)8-15-12-6-2-5-11(14)13(12)17(18)19/h2,5-6,10,15H,3-4,7-9H2,1H3. The Morgan fingerprint density at radius 1 is 1.58 bits per heavy atom. The topological polar surface area (TPSA) is 58.4 Å². The summed E-state index contributed by atoms with van der Waals surface area (Å²) in [7, 11) is 2.07. The van der Waals surface area contributed by atoms with Gasteiger partial charge in [0, 0.05) is 13.1 Å². The van der Waals surface area contributed by atoms with Crippen LogP contribution in [-0.2, 0) is 0 Å². The lowest BCUT2D eigenvalue weighted by molar-refractivity contribution is -0.386. The van der Waals surface area contributed by atoms with E-state index in [1.54, 1.807) is 6.07 Å². The Kier molecular flexibility index (Phi) is 4.31. The maximum atomic E-state index is 13.4. The molecule has 2 rings (SSSR count). The summed E-state index contributed by atoms with van der Waals surface area (Å²) in [5, 5.41) is 13.9.